The summed E-state index contributed by atoms with van der Waals surface area (Å²) in [6.45, 7) is 4.48. The Bertz CT molecular complexity index is 216. The van der Waals surface area contributed by atoms with E-state index in [-0.39, 0.29) is 10.6 Å². The second-order valence-electron chi connectivity index (χ2n) is 3.03. The molecule has 0 aromatic heterocycles. The van der Waals surface area contributed by atoms with Gasteiger partial charge in [-0.25, -0.2) is 13.1 Å². The van der Waals surface area contributed by atoms with Gasteiger partial charge in [-0.05, 0) is 12.8 Å². The van der Waals surface area contributed by atoms with Crippen molar-refractivity contribution in [1.82, 2.24) is 4.72 Å². The van der Waals surface area contributed by atoms with Gasteiger partial charge in [0.15, 0.2) is 0 Å². The minimum Gasteiger partial charge on any atom is -0.214 e. The molecule has 0 aliphatic heterocycles. The molecule has 0 aromatic rings. The van der Waals surface area contributed by atoms with Crippen molar-refractivity contribution in [1.29, 1.82) is 0 Å². The number of unbranched alkanes of at least 4 members (excludes halogenated alkanes) is 1. The Morgan fingerprint density at radius 2 is 2.00 bits per heavy atom. The van der Waals surface area contributed by atoms with Crippen molar-refractivity contribution in [2.45, 2.75) is 37.9 Å². The predicted molar refractivity (Wildman–Crippen MR) is 59.7 cm³/mol. The van der Waals surface area contributed by atoms with Crippen LogP contribution >= 0.6 is 15.9 Å². The monoisotopic (exact) mass is 271 g/mol. The van der Waals surface area contributed by atoms with Crippen LogP contribution in [0.25, 0.3) is 0 Å². The van der Waals surface area contributed by atoms with Crippen molar-refractivity contribution in [3.63, 3.8) is 0 Å². The Hall–Kier alpha value is 0.390. The largest absolute Gasteiger partial charge is 0.214 e. The fraction of sp³-hybridized carbons (Fsp3) is 1.00. The lowest BCUT2D eigenvalue weighted by Gasteiger charge is -2.08. The van der Waals surface area contributed by atoms with Crippen LogP contribution in [-0.4, -0.2) is 25.5 Å². The summed E-state index contributed by atoms with van der Waals surface area (Å²) in [5.41, 5.74) is 0. The summed E-state index contributed by atoms with van der Waals surface area (Å²) in [6, 6.07) is 0. The van der Waals surface area contributed by atoms with Crippen LogP contribution in [0.15, 0.2) is 0 Å². The molecule has 13 heavy (non-hydrogen) atoms. The van der Waals surface area contributed by atoms with Crippen molar-refractivity contribution in [3.05, 3.63) is 0 Å². The molecule has 0 radical (unpaired) electrons. The Balaban J connectivity index is 3.76. The molecular weight excluding hydrogens is 254 g/mol. The van der Waals surface area contributed by atoms with E-state index in [0.717, 1.165) is 19.3 Å². The van der Waals surface area contributed by atoms with Crippen LogP contribution in [0.2, 0.25) is 0 Å². The van der Waals surface area contributed by atoms with Crippen LogP contribution in [0.3, 0.4) is 0 Å². The topological polar surface area (TPSA) is 46.2 Å². The zero-order chi connectivity index (χ0) is 10.3. The first-order chi connectivity index (χ1) is 6.02. The average Bonchev–Trinajstić information content (AvgIpc) is 2.11. The number of alkyl halides is 1. The maximum Gasteiger partial charge on any atom is 0.211 e. The van der Waals surface area contributed by atoms with E-state index in [1.54, 1.807) is 0 Å². The fourth-order valence-corrected chi connectivity index (χ4v) is 2.41. The summed E-state index contributed by atoms with van der Waals surface area (Å²) in [4.78, 5) is 0.240. The van der Waals surface area contributed by atoms with E-state index in [2.05, 4.69) is 20.7 Å². The molecule has 0 aromatic carbocycles. The van der Waals surface area contributed by atoms with Crippen LogP contribution in [0.4, 0.5) is 0 Å². The van der Waals surface area contributed by atoms with Gasteiger partial charge in [-0.15, -0.1) is 0 Å². The van der Waals surface area contributed by atoms with E-state index in [4.69, 9.17) is 0 Å². The molecule has 3 nitrogen and oxygen atoms in total. The van der Waals surface area contributed by atoms with Gasteiger partial charge >= 0.3 is 0 Å². The summed E-state index contributed by atoms with van der Waals surface area (Å²) in [7, 11) is -3.03. The minimum absolute atomic E-state index is 0.240. The van der Waals surface area contributed by atoms with E-state index >= 15 is 0 Å². The third kappa shape index (κ3) is 7.46. The number of hydrogen-bond donors (Lipinski definition) is 1. The third-order valence-corrected chi connectivity index (χ3v) is 4.14. The summed E-state index contributed by atoms with van der Waals surface area (Å²) in [5.74, 6) is 0.243. The molecule has 5 heteroatoms. The van der Waals surface area contributed by atoms with E-state index in [1.165, 1.54) is 0 Å². The van der Waals surface area contributed by atoms with Crippen LogP contribution in [-0.2, 0) is 10.0 Å². The number of hydrogen-bond acceptors (Lipinski definition) is 2. The van der Waals surface area contributed by atoms with Crippen LogP contribution in [0, 0.1) is 0 Å². The first-order valence-corrected chi connectivity index (χ1v) is 7.20. The second kappa shape index (κ2) is 6.79. The highest BCUT2D eigenvalue weighted by Gasteiger charge is 2.10. The minimum atomic E-state index is -3.03. The van der Waals surface area contributed by atoms with E-state index < -0.39 is 10.0 Å². The predicted octanol–water partition coefficient (Wildman–Crippen LogP) is 1.88. The molecule has 0 heterocycles. The highest BCUT2D eigenvalue weighted by Crippen LogP contribution is 2.03. The molecule has 0 bridgehead atoms. The van der Waals surface area contributed by atoms with E-state index in [1.807, 2.05) is 13.8 Å². The lowest BCUT2D eigenvalue weighted by Crippen LogP contribution is -2.31. The van der Waals surface area contributed by atoms with Gasteiger partial charge in [-0.2, -0.15) is 0 Å². The summed E-state index contributed by atoms with van der Waals surface area (Å²) >= 11 is 3.37. The Morgan fingerprint density at radius 1 is 1.38 bits per heavy atom. The SMILES string of the molecule is CCCCS(=O)(=O)NCC(Br)CC. The molecule has 0 aliphatic carbocycles. The van der Waals surface area contributed by atoms with Gasteiger partial charge in [0.1, 0.15) is 0 Å². The molecule has 1 atom stereocenters. The van der Waals surface area contributed by atoms with Crippen molar-refractivity contribution >= 4 is 26.0 Å². The highest BCUT2D eigenvalue weighted by molar-refractivity contribution is 9.09. The summed E-state index contributed by atoms with van der Waals surface area (Å²) in [5, 5.41) is 0. The van der Waals surface area contributed by atoms with Gasteiger partial charge in [0.2, 0.25) is 10.0 Å². The Labute approximate surface area is 89.5 Å². The van der Waals surface area contributed by atoms with Gasteiger partial charge in [-0.1, -0.05) is 36.2 Å². The lowest BCUT2D eigenvalue weighted by molar-refractivity contribution is 0.576. The maximum atomic E-state index is 11.3. The molecule has 1 N–H and O–H groups in total. The first kappa shape index (κ1) is 13.4. The molecule has 80 valence electrons. The normalized spacial score (nSPS) is 14.4. The van der Waals surface area contributed by atoms with E-state index in [0.29, 0.717) is 6.54 Å². The molecule has 1 unspecified atom stereocenters. The molecule has 0 rings (SSSR count). The second-order valence-corrected chi connectivity index (χ2v) is 6.25. The lowest BCUT2D eigenvalue weighted by atomic mass is 10.3. The zero-order valence-electron chi connectivity index (χ0n) is 8.22. The first-order valence-electron chi connectivity index (χ1n) is 4.63. The molecule has 0 spiro atoms. The Kier molecular flexibility index (Phi) is 6.99. The number of sulfonamides is 1. The molecule has 0 fully saturated rings. The van der Waals surface area contributed by atoms with Gasteiger partial charge in [0, 0.05) is 11.4 Å². The van der Waals surface area contributed by atoms with Crippen molar-refractivity contribution in [3.8, 4) is 0 Å². The van der Waals surface area contributed by atoms with Gasteiger partial charge in [0.25, 0.3) is 0 Å². The van der Waals surface area contributed by atoms with Crippen LogP contribution in [0.5, 0.6) is 0 Å². The number of nitrogens with one attached hydrogen (secondary N) is 1. The molecule has 0 saturated carbocycles. The van der Waals surface area contributed by atoms with Crippen molar-refractivity contribution < 1.29 is 8.42 Å². The zero-order valence-corrected chi connectivity index (χ0v) is 10.6. The number of rotatable bonds is 7. The van der Waals surface area contributed by atoms with Crippen LogP contribution in [0.1, 0.15) is 33.1 Å². The van der Waals surface area contributed by atoms with Crippen LogP contribution < -0.4 is 4.72 Å². The third-order valence-electron chi connectivity index (χ3n) is 1.73. The maximum absolute atomic E-state index is 11.3. The van der Waals surface area contributed by atoms with Gasteiger partial charge in [0.05, 0.1) is 5.75 Å². The average molecular weight is 272 g/mol. The van der Waals surface area contributed by atoms with E-state index in [9.17, 15) is 8.42 Å². The van der Waals surface area contributed by atoms with Gasteiger partial charge in [-0.3, -0.25) is 0 Å². The molecule has 0 amide bonds. The molecule has 0 aliphatic rings. The van der Waals surface area contributed by atoms with Crippen molar-refractivity contribution in [2.75, 3.05) is 12.3 Å². The van der Waals surface area contributed by atoms with Crippen molar-refractivity contribution in [2.24, 2.45) is 0 Å². The molecular formula is C8H18BrNO2S. The summed E-state index contributed by atoms with van der Waals surface area (Å²) in [6.07, 6.45) is 2.57. The number of halogens is 1. The Morgan fingerprint density at radius 3 is 2.46 bits per heavy atom. The smallest absolute Gasteiger partial charge is 0.211 e. The standard InChI is InChI=1S/C8H18BrNO2S/c1-3-5-6-13(11,12)10-7-8(9)4-2/h8,10H,3-7H2,1-2H3. The quantitative estimate of drug-likeness (QED) is 0.719. The fourth-order valence-electron chi connectivity index (χ4n) is 0.768. The highest BCUT2D eigenvalue weighted by atomic mass is 79.9. The molecule has 0 saturated heterocycles. The summed E-state index contributed by atoms with van der Waals surface area (Å²) < 4.78 is 25.1. The van der Waals surface area contributed by atoms with Gasteiger partial charge < -0.3 is 0 Å².